The zero-order chi connectivity index (χ0) is 5.19. The molecule has 3 saturated carbocycles. The molecule has 0 aromatic rings. The molecule has 0 heterocycles. The highest BCUT2D eigenvalue weighted by Crippen LogP contribution is 2.79. The Hall–Kier alpha value is 0. The maximum atomic E-state index is 1.60. The topological polar surface area (TPSA) is 0 Å². The van der Waals surface area contributed by atoms with Crippen LogP contribution in [0.15, 0.2) is 0 Å². The van der Waals surface area contributed by atoms with Gasteiger partial charge in [-0.15, -0.1) is 0 Å². The Labute approximate surface area is 50.3 Å². The Kier molecular flexibility index (Phi) is 0.427. The third-order valence-electron chi connectivity index (χ3n) is 3.93. The van der Waals surface area contributed by atoms with Crippen LogP contribution >= 0.6 is 0 Å². The van der Waals surface area contributed by atoms with Gasteiger partial charge in [0.25, 0.3) is 0 Å². The number of hydrogen-bond donors (Lipinski definition) is 0. The van der Waals surface area contributed by atoms with Crippen LogP contribution in [0.5, 0.6) is 0 Å². The molecule has 0 nitrogen and oxygen atoms in total. The molecule has 0 bridgehead atoms. The SMILES string of the molecule is C1CC2[C@@H]3CCC23C1. The van der Waals surface area contributed by atoms with E-state index < -0.39 is 0 Å². The summed E-state index contributed by atoms with van der Waals surface area (Å²) in [5, 5.41) is 0. The van der Waals surface area contributed by atoms with E-state index in [2.05, 4.69) is 0 Å². The fourth-order valence-corrected chi connectivity index (χ4v) is 3.37. The van der Waals surface area contributed by atoms with Gasteiger partial charge in [0, 0.05) is 0 Å². The Morgan fingerprint density at radius 2 is 1.88 bits per heavy atom. The van der Waals surface area contributed by atoms with Gasteiger partial charge >= 0.3 is 0 Å². The minimum atomic E-state index is 1.00. The second kappa shape index (κ2) is 0.872. The number of fused-ring (bicyclic) bond motifs is 1. The molecule has 44 valence electrons. The van der Waals surface area contributed by atoms with E-state index in [1.807, 2.05) is 0 Å². The summed E-state index contributed by atoms with van der Waals surface area (Å²) in [4.78, 5) is 0. The lowest BCUT2D eigenvalue weighted by atomic mass is 9.82. The van der Waals surface area contributed by atoms with Crippen LogP contribution in [-0.2, 0) is 0 Å². The molecular weight excluding hydrogens is 96.1 g/mol. The maximum Gasteiger partial charge on any atom is -0.0235 e. The minimum Gasteiger partial charge on any atom is -0.0525 e. The summed E-state index contributed by atoms with van der Waals surface area (Å²) >= 11 is 0. The van der Waals surface area contributed by atoms with Crippen LogP contribution < -0.4 is 0 Å². The molecule has 0 aromatic carbocycles. The molecule has 0 radical (unpaired) electrons. The lowest BCUT2D eigenvalue weighted by Crippen LogP contribution is -2.12. The van der Waals surface area contributed by atoms with E-state index in [9.17, 15) is 0 Å². The Morgan fingerprint density at radius 1 is 1.00 bits per heavy atom. The number of rotatable bonds is 0. The summed E-state index contributed by atoms with van der Waals surface area (Å²) in [7, 11) is 0. The first-order chi connectivity index (χ1) is 3.93. The molecule has 8 heavy (non-hydrogen) atoms. The molecule has 3 fully saturated rings. The largest absolute Gasteiger partial charge is 0.0525 e. The van der Waals surface area contributed by atoms with E-state index >= 15 is 0 Å². The molecule has 1 spiro atoms. The molecule has 3 rings (SSSR count). The van der Waals surface area contributed by atoms with Gasteiger partial charge in [-0.2, -0.15) is 0 Å². The predicted molar refractivity (Wildman–Crippen MR) is 32.5 cm³/mol. The highest BCUT2D eigenvalue weighted by molar-refractivity contribution is 5.20. The van der Waals surface area contributed by atoms with E-state index in [4.69, 9.17) is 0 Å². The monoisotopic (exact) mass is 108 g/mol. The van der Waals surface area contributed by atoms with Gasteiger partial charge in [-0.1, -0.05) is 6.42 Å². The van der Waals surface area contributed by atoms with Crippen LogP contribution in [-0.4, -0.2) is 0 Å². The molecule has 0 aliphatic heterocycles. The van der Waals surface area contributed by atoms with Gasteiger partial charge in [0.05, 0.1) is 0 Å². The van der Waals surface area contributed by atoms with Crippen LogP contribution in [0.1, 0.15) is 32.1 Å². The van der Waals surface area contributed by atoms with Crippen molar-refractivity contribution in [3.63, 3.8) is 0 Å². The van der Waals surface area contributed by atoms with E-state index in [1.165, 1.54) is 11.8 Å². The van der Waals surface area contributed by atoms with Crippen molar-refractivity contribution in [1.29, 1.82) is 0 Å². The molecule has 2 unspecified atom stereocenters. The molecule has 3 atom stereocenters. The van der Waals surface area contributed by atoms with Crippen LogP contribution in [0, 0.1) is 17.3 Å². The zero-order valence-corrected chi connectivity index (χ0v) is 5.19. The molecule has 0 aromatic heterocycles. The van der Waals surface area contributed by atoms with Gasteiger partial charge < -0.3 is 0 Å². The second-order valence-electron chi connectivity index (χ2n) is 3.88. The van der Waals surface area contributed by atoms with Gasteiger partial charge in [0.2, 0.25) is 0 Å². The van der Waals surface area contributed by atoms with E-state index in [0.717, 1.165) is 5.41 Å². The van der Waals surface area contributed by atoms with E-state index in [-0.39, 0.29) is 0 Å². The summed E-state index contributed by atoms with van der Waals surface area (Å²) < 4.78 is 0. The highest BCUT2D eigenvalue weighted by atomic mass is 14.8. The van der Waals surface area contributed by atoms with Gasteiger partial charge in [0.1, 0.15) is 0 Å². The zero-order valence-electron chi connectivity index (χ0n) is 5.19. The van der Waals surface area contributed by atoms with E-state index in [1.54, 1.807) is 32.1 Å². The fourth-order valence-electron chi connectivity index (χ4n) is 3.37. The van der Waals surface area contributed by atoms with Crippen molar-refractivity contribution in [2.24, 2.45) is 17.3 Å². The first-order valence-corrected chi connectivity index (χ1v) is 3.93. The van der Waals surface area contributed by atoms with Crippen molar-refractivity contribution in [2.75, 3.05) is 0 Å². The fraction of sp³-hybridized carbons (Fsp3) is 1.00. The minimum absolute atomic E-state index is 1.00. The number of hydrogen-bond acceptors (Lipinski definition) is 0. The van der Waals surface area contributed by atoms with Gasteiger partial charge in [-0.3, -0.25) is 0 Å². The molecular formula is C8H12. The van der Waals surface area contributed by atoms with Crippen LogP contribution in [0.4, 0.5) is 0 Å². The summed E-state index contributed by atoms with van der Waals surface area (Å²) in [6, 6.07) is 0. The molecule has 0 amide bonds. The van der Waals surface area contributed by atoms with Crippen LogP contribution in [0.25, 0.3) is 0 Å². The molecule has 3 aliphatic rings. The average Bonchev–Trinajstić information content (AvgIpc) is 2.20. The maximum absolute atomic E-state index is 1.60. The van der Waals surface area contributed by atoms with Crippen molar-refractivity contribution in [1.82, 2.24) is 0 Å². The third kappa shape index (κ3) is 0.206. The standard InChI is InChI=1S/C8H12/c1-2-6-7-3-5-8(6,7)4-1/h6-7H,1-5H2/t6?,7-,8?/m0/s1. The molecule has 0 saturated heterocycles. The molecule has 0 N–H and O–H groups in total. The van der Waals surface area contributed by atoms with Gasteiger partial charge in [-0.25, -0.2) is 0 Å². The Bertz CT molecular complexity index is 139. The molecule has 0 heteroatoms. The predicted octanol–water partition coefficient (Wildman–Crippen LogP) is 2.20. The highest BCUT2D eigenvalue weighted by Gasteiger charge is 2.71. The van der Waals surface area contributed by atoms with Gasteiger partial charge in [-0.05, 0) is 42.9 Å². The molecule has 3 aliphatic carbocycles. The lowest BCUT2D eigenvalue weighted by Gasteiger charge is -2.23. The van der Waals surface area contributed by atoms with Crippen LogP contribution in [0.3, 0.4) is 0 Å². The lowest BCUT2D eigenvalue weighted by molar-refractivity contribution is 0.279. The summed E-state index contributed by atoms with van der Waals surface area (Å²) in [6.07, 6.45) is 7.93. The third-order valence-corrected chi connectivity index (χ3v) is 3.93. The smallest absolute Gasteiger partial charge is 0.0235 e. The van der Waals surface area contributed by atoms with Crippen molar-refractivity contribution in [3.8, 4) is 0 Å². The Balaban J connectivity index is 2.00. The second-order valence-corrected chi connectivity index (χ2v) is 3.88. The van der Waals surface area contributed by atoms with Gasteiger partial charge in [0.15, 0.2) is 0 Å². The normalized spacial score (nSPS) is 66.0. The summed E-state index contributed by atoms with van der Waals surface area (Å²) in [5.41, 5.74) is 1.00. The first-order valence-electron chi connectivity index (χ1n) is 3.93. The Morgan fingerprint density at radius 3 is 2.25 bits per heavy atom. The summed E-state index contributed by atoms with van der Waals surface area (Å²) in [5.74, 6) is 2.48. The van der Waals surface area contributed by atoms with E-state index in [0.29, 0.717) is 0 Å². The average molecular weight is 108 g/mol. The van der Waals surface area contributed by atoms with Crippen molar-refractivity contribution >= 4 is 0 Å². The van der Waals surface area contributed by atoms with Crippen molar-refractivity contribution in [3.05, 3.63) is 0 Å². The summed E-state index contributed by atoms with van der Waals surface area (Å²) in [6.45, 7) is 0. The van der Waals surface area contributed by atoms with Crippen molar-refractivity contribution in [2.45, 2.75) is 32.1 Å². The first kappa shape index (κ1) is 3.92. The quantitative estimate of drug-likeness (QED) is 0.446. The van der Waals surface area contributed by atoms with Crippen molar-refractivity contribution < 1.29 is 0 Å². The van der Waals surface area contributed by atoms with Crippen LogP contribution in [0.2, 0.25) is 0 Å².